The van der Waals surface area contributed by atoms with E-state index < -0.39 is 0 Å². The summed E-state index contributed by atoms with van der Waals surface area (Å²) < 4.78 is 0. The van der Waals surface area contributed by atoms with Gasteiger partial charge in [0.25, 0.3) is 0 Å². The van der Waals surface area contributed by atoms with Gasteiger partial charge in [0.1, 0.15) is 0 Å². The van der Waals surface area contributed by atoms with Crippen molar-refractivity contribution < 1.29 is 0 Å². The van der Waals surface area contributed by atoms with E-state index >= 15 is 0 Å². The lowest BCUT2D eigenvalue weighted by Gasteiger charge is -2.18. The molecule has 1 saturated carbocycles. The van der Waals surface area contributed by atoms with Gasteiger partial charge < -0.3 is 16.0 Å². The van der Waals surface area contributed by atoms with Gasteiger partial charge in [-0.3, -0.25) is 0 Å². The number of hydrogen-bond donors (Lipinski definition) is 3. The van der Waals surface area contributed by atoms with E-state index in [1.165, 1.54) is 24.0 Å². The van der Waals surface area contributed by atoms with E-state index in [9.17, 15) is 0 Å². The smallest absolute Gasteiger partial charge is 0.193 e. The van der Waals surface area contributed by atoms with Crippen LogP contribution in [0.3, 0.4) is 0 Å². The Morgan fingerprint density at radius 3 is 2.68 bits per heavy atom. The minimum atomic E-state index is -0.280. The van der Waals surface area contributed by atoms with E-state index in [1.54, 1.807) is 6.20 Å². The molecule has 1 aliphatic rings. The summed E-state index contributed by atoms with van der Waals surface area (Å²) in [5.41, 5.74) is 6.51. The third kappa shape index (κ3) is 7.36. The number of hydrogen-bond acceptors (Lipinski definition) is 4. The zero-order chi connectivity index (χ0) is 20.5. The molecule has 0 heterocycles. The Morgan fingerprint density at radius 2 is 2.04 bits per heavy atom. The van der Waals surface area contributed by atoms with Crippen LogP contribution in [0.5, 0.6) is 0 Å². The first kappa shape index (κ1) is 21.4. The van der Waals surface area contributed by atoms with Crippen LogP contribution < -0.4 is 16.0 Å². The molecule has 0 saturated heterocycles. The maximum Gasteiger partial charge on any atom is 0.193 e. The number of benzene rings is 1. The zero-order valence-corrected chi connectivity index (χ0v) is 17.5. The van der Waals surface area contributed by atoms with Gasteiger partial charge in [-0.25, -0.2) is 4.99 Å². The third-order valence-electron chi connectivity index (χ3n) is 4.34. The maximum atomic E-state index is 4.75. The molecule has 2 rings (SSSR count). The third-order valence-corrected chi connectivity index (χ3v) is 4.34. The monoisotopic (exact) mass is 376 g/mol. The second-order valence-electron chi connectivity index (χ2n) is 7.34. The average molecular weight is 377 g/mol. The molecule has 1 aliphatic carbocycles. The zero-order valence-electron chi connectivity index (χ0n) is 17.5. The molecule has 3 N–H and O–H groups in total. The molecule has 0 spiro atoms. The predicted molar refractivity (Wildman–Crippen MR) is 121 cm³/mol. The molecule has 1 aromatic carbocycles. The van der Waals surface area contributed by atoms with Crippen LogP contribution in [0.1, 0.15) is 50.2 Å². The van der Waals surface area contributed by atoms with Crippen LogP contribution in [0.25, 0.3) is 0 Å². The first-order valence-electron chi connectivity index (χ1n) is 9.73. The molecule has 4 nitrogen and oxygen atoms in total. The minimum Gasteiger partial charge on any atom is -0.393 e. The van der Waals surface area contributed by atoms with Crippen molar-refractivity contribution in [2.75, 3.05) is 12.4 Å². The summed E-state index contributed by atoms with van der Waals surface area (Å²) in [6, 6.07) is 6.66. The molecule has 0 bridgehead atoms. The highest BCUT2D eigenvalue weighted by Gasteiger charge is 2.24. The fourth-order valence-corrected chi connectivity index (χ4v) is 2.99. The fraction of sp³-hybridized carbons (Fsp3) is 0.375. The van der Waals surface area contributed by atoms with Gasteiger partial charge in [0.05, 0.1) is 0 Å². The molecule has 148 valence electrons. The quantitative estimate of drug-likeness (QED) is 0.328. The number of nitrogens with zero attached hydrogens (tertiary/aromatic N) is 1. The highest BCUT2D eigenvalue weighted by atomic mass is 15.2. The predicted octanol–water partition coefficient (Wildman–Crippen LogP) is 4.83. The number of aliphatic imine (C=N–C) groups is 1. The molecular formula is C24H32N4. The Kier molecular flexibility index (Phi) is 7.95. The van der Waals surface area contributed by atoms with Gasteiger partial charge in [0, 0.05) is 42.2 Å². The van der Waals surface area contributed by atoms with Gasteiger partial charge in [-0.2, -0.15) is 0 Å². The summed E-state index contributed by atoms with van der Waals surface area (Å²) in [5.74, 6) is 6.90. The van der Waals surface area contributed by atoms with E-state index in [0.717, 1.165) is 28.5 Å². The second kappa shape index (κ2) is 10.4. The van der Waals surface area contributed by atoms with Crippen LogP contribution in [-0.2, 0) is 0 Å². The lowest BCUT2D eigenvalue weighted by Crippen LogP contribution is -2.31. The Balaban J connectivity index is 2.05. The van der Waals surface area contributed by atoms with Gasteiger partial charge in [0.15, 0.2) is 6.29 Å². The minimum absolute atomic E-state index is 0.280. The van der Waals surface area contributed by atoms with Crippen molar-refractivity contribution in [3.8, 4) is 11.8 Å². The van der Waals surface area contributed by atoms with Crippen LogP contribution >= 0.6 is 0 Å². The fourth-order valence-electron chi connectivity index (χ4n) is 2.99. The second-order valence-corrected chi connectivity index (χ2v) is 7.34. The van der Waals surface area contributed by atoms with E-state index in [-0.39, 0.29) is 6.29 Å². The summed E-state index contributed by atoms with van der Waals surface area (Å²) in [5, 5.41) is 9.60. The molecule has 1 fully saturated rings. The molecule has 28 heavy (non-hydrogen) atoms. The Hall–Kier alpha value is -2.93. The normalized spacial score (nSPS) is 15.1. The maximum absolute atomic E-state index is 4.75. The van der Waals surface area contributed by atoms with Gasteiger partial charge in [-0.1, -0.05) is 31.1 Å². The molecule has 4 heteroatoms. The molecule has 0 radical (unpaired) electrons. The number of aryl methyl sites for hydroxylation is 1. The molecule has 1 atom stereocenters. The molecular weight excluding hydrogens is 344 g/mol. The van der Waals surface area contributed by atoms with E-state index in [0.29, 0.717) is 6.42 Å². The number of anilines is 1. The Morgan fingerprint density at radius 1 is 1.29 bits per heavy atom. The summed E-state index contributed by atoms with van der Waals surface area (Å²) in [6.07, 6.45) is 6.47. The molecule has 0 amide bonds. The highest BCUT2D eigenvalue weighted by molar-refractivity contribution is 5.85. The van der Waals surface area contributed by atoms with E-state index in [2.05, 4.69) is 66.1 Å². The standard InChI is InChI=1S/C24H32N4/c1-7-26-24(27-20(5)12-17(2)8-9-18(3)16-25-6)28-23-14-19(4)13-22(15-23)21-10-11-21/h7,13-16,21,24-26,28H,1-2,10-12H2,3-6H3/b18-16-,27-20+. The van der Waals surface area contributed by atoms with Gasteiger partial charge in [0.2, 0.25) is 0 Å². The van der Waals surface area contributed by atoms with E-state index in [4.69, 9.17) is 4.99 Å². The SMILES string of the molecule is C=CNC(/N=C(\C)CC(=C)C#C/C(C)=C\NC)Nc1cc(C)cc(C2CC2)c1. The molecule has 1 unspecified atom stereocenters. The van der Waals surface area contributed by atoms with E-state index in [1.807, 2.05) is 27.1 Å². The van der Waals surface area contributed by atoms with Crippen molar-refractivity contribution in [2.24, 2.45) is 4.99 Å². The molecule has 0 aromatic heterocycles. The topological polar surface area (TPSA) is 48.5 Å². The van der Waals surface area contributed by atoms with Gasteiger partial charge in [-0.15, -0.1) is 0 Å². The van der Waals surface area contributed by atoms with Crippen LogP contribution in [-0.4, -0.2) is 19.0 Å². The van der Waals surface area contributed by atoms with Gasteiger partial charge in [-0.05, 0) is 69.0 Å². The van der Waals surface area contributed by atoms with Crippen molar-refractivity contribution in [1.82, 2.24) is 10.6 Å². The highest BCUT2D eigenvalue weighted by Crippen LogP contribution is 2.41. The van der Waals surface area contributed by atoms with Crippen molar-refractivity contribution in [3.05, 3.63) is 66.0 Å². The number of rotatable bonds is 9. The van der Waals surface area contributed by atoms with Gasteiger partial charge >= 0.3 is 0 Å². The average Bonchev–Trinajstić information content (AvgIpc) is 3.45. The largest absolute Gasteiger partial charge is 0.393 e. The number of nitrogens with one attached hydrogen (secondary N) is 3. The lowest BCUT2D eigenvalue weighted by atomic mass is 10.1. The molecule has 1 aromatic rings. The lowest BCUT2D eigenvalue weighted by molar-refractivity contribution is 0.687. The Labute approximate surface area is 169 Å². The molecule has 0 aliphatic heterocycles. The summed E-state index contributed by atoms with van der Waals surface area (Å²) >= 11 is 0. The summed E-state index contributed by atoms with van der Waals surface area (Å²) in [4.78, 5) is 4.75. The van der Waals surface area contributed by atoms with Crippen molar-refractivity contribution >= 4 is 11.4 Å². The van der Waals surface area contributed by atoms with Crippen LogP contribution in [0.2, 0.25) is 0 Å². The number of allylic oxidation sites excluding steroid dienone is 2. The first-order valence-corrected chi connectivity index (χ1v) is 9.73. The van der Waals surface area contributed by atoms with Crippen molar-refractivity contribution in [1.29, 1.82) is 0 Å². The first-order chi connectivity index (χ1) is 13.4. The van der Waals surface area contributed by atoms with Crippen molar-refractivity contribution in [3.63, 3.8) is 0 Å². The van der Waals surface area contributed by atoms with Crippen LogP contribution in [0.4, 0.5) is 5.69 Å². The summed E-state index contributed by atoms with van der Waals surface area (Å²) in [6.45, 7) is 13.9. The van der Waals surface area contributed by atoms with Crippen LogP contribution in [0, 0.1) is 18.8 Å². The van der Waals surface area contributed by atoms with Crippen molar-refractivity contribution in [2.45, 2.75) is 52.2 Å². The Bertz CT molecular complexity index is 832. The van der Waals surface area contributed by atoms with Crippen LogP contribution in [0.15, 0.2) is 59.9 Å². The summed E-state index contributed by atoms with van der Waals surface area (Å²) in [7, 11) is 1.86.